The minimum Gasteiger partial charge on any atom is -0.493 e. The molecule has 8 heteroatoms. The van der Waals surface area contributed by atoms with Gasteiger partial charge in [0.25, 0.3) is 0 Å². The van der Waals surface area contributed by atoms with Crippen LogP contribution in [-0.4, -0.2) is 26.7 Å². The Morgan fingerprint density at radius 3 is 2.54 bits per heavy atom. The molecule has 1 N–H and O–H groups in total. The molecule has 0 bridgehead atoms. The number of benzene rings is 2. The average molecular weight is 384 g/mol. The van der Waals surface area contributed by atoms with Crippen molar-refractivity contribution < 1.29 is 27.8 Å². The highest BCUT2D eigenvalue weighted by Gasteiger charge is 2.11. The zero-order chi connectivity index (χ0) is 19.1. The third kappa shape index (κ3) is 5.10. The van der Waals surface area contributed by atoms with Gasteiger partial charge in [-0.25, -0.2) is 0 Å². The van der Waals surface area contributed by atoms with E-state index in [9.17, 15) is 13.6 Å². The quantitative estimate of drug-likeness (QED) is 0.709. The number of carbonyl (C=O) groups excluding carboxylic acids is 1. The summed E-state index contributed by atoms with van der Waals surface area (Å²) in [5, 5.41) is 2.80. The molecule has 0 saturated heterocycles. The first-order valence-electron chi connectivity index (χ1n) is 7.39. The van der Waals surface area contributed by atoms with E-state index in [4.69, 9.17) is 21.1 Å². The maximum atomic E-state index is 12.4. The summed E-state index contributed by atoms with van der Waals surface area (Å²) in [5.41, 5.74) is 0.729. The van der Waals surface area contributed by atoms with Crippen LogP contribution in [0.1, 0.15) is 5.56 Å². The van der Waals surface area contributed by atoms with Crippen molar-refractivity contribution in [3.05, 3.63) is 53.1 Å². The second-order valence-electron chi connectivity index (χ2n) is 4.94. The molecule has 0 saturated carbocycles. The molecule has 0 radical (unpaired) electrons. The number of hydrogen-bond acceptors (Lipinski definition) is 4. The van der Waals surface area contributed by atoms with E-state index in [1.807, 2.05) is 0 Å². The third-order valence-electron chi connectivity index (χ3n) is 3.24. The molecule has 0 unspecified atom stereocenters. The van der Waals surface area contributed by atoms with Gasteiger partial charge in [0.15, 0.2) is 11.5 Å². The molecule has 2 aromatic rings. The van der Waals surface area contributed by atoms with Crippen LogP contribution in [0.4, 0.5) is 14.5 Å². The molecule has 0 spiro atoms. The van der Waals surface area contributed by atoms with Crippen molar-refractivity contribution in [3.8, 4) is 17.2 Å². The number of carbonyl (C=O) groups is 1. The van der Waals surface area contributed by atoms with Crippen LogP contribution in [0.15, 0.2) is 42.5 Å². The lowest BCUT2D eigenvalue weighted by molar-refractivity contribution is -0.111. The number of rotatable bonds is 7. The first-order valence-corrected chi connectivity index (χ1v) is 7.76. The van der Waals surface area contributed by atoms with E-state index in [0.717, 1.165) is 0 Å². The van der Waals surface area contributed by atoms with Gasteiger partial charge >= 0.3 is 6.61 Å². The smallest absolute Gasteiger partial charge is 0.387 e. The summed E-state index contributed by atoms with van der Waals surface area (Å²) in [6.07, 6.45) is 2.73. The van der Waals surface area contributed by atoms with Gasteiger partial charge < -0.3 is 19.5 Å². The number of amides is 1. The zero-order valence-electron chi connectivity index (χ0n) is 14.0. The Hall–Kier alpha value is -2.80. The number of halogens is 3. The Labute approximate surface area is 154 Å². The van der Waals surface area contributed by atoms with Gasteiger partial charge in [-0.15, -0.1) is 0 Å². The zero-order valence-corrected chi connectivity index (χ0v) is 14.7. The van der Waals surface area contributed by atoms with Crippen molar-refractivity contribution in [2.45, 2.75) is 6.61 Å². The molecular formula is C18H16ClF2NO4. The van der Waals surface area contributed by atoms with E-state index in [1.54, 1.807) is 18.2 Å². The van der Waals surface area contributed by atoms with Crippen molar-refractivity contribution in [3.63, 3.8) is 0 Å². The highest BCUT2D eigenvalue weighted by Crippen LogP contribution is 2.36. The molecule has 2 aromatic carbocycles. The Morgan fingerprint density at radius 2 is 1.88 bits per heavy atom. The standard InChI is InChI=1S/C18H16ClF2NO4/c1-24-15-10-11(9-12(19)17(15)25-2)7-8-16(23)22-13-5-3-4-6-14(13)26-18(20)21/h3-10,18H,1-2H3,(H,22,23)/b8-7+. The van der Waals surface area contributed by atoms with E-state index in [0.29, 0.717) is 22.1 Å². The first-order chi connectivity index (χ1) is 12.4. The van der Waals surface area contributed by atoms with Gasteiger partial charge in [0, 0.05) is 6.08 Å². The maximum absolute atomic E-state index is 12.4. The SMILES string of the molecule is COc1cc(/C=C/C(=O)Nc2ccccc2OC(F)F)cc(Cl)c1OC. The Morgan fingerprint density at radius 1 is 1.15 bits per heavy atom. The minimum atomic E-state index is -2.99. The number of hydrogen-bond donors (Lipinski definition) is 1. The largest absolute Gasteiger partial charge is 0.493 e. The molecule has 0 aromatic heterocycles. The van der Waals surface area contributed by atoms with Crippen molar-refractivity contribution in [1.29, 1.82) is 0 Å². The number of para-hydroxylation sites is 2. The van der Waals surface area contributed by atoms with Crippen LogP contribution in [0.2, 0.25) is 5.02 Å². The van der Waals surface area contributed by atoms with E-state index in [-0.39, 0.29) is 11.4 Å². The van der Waals surface area contributed by atoms with E-state index in [2.05, 4.69) is 10.1 Å². The third-order valence-corrected chi connectivity index (χ3v) is 3.52. The number of anilines is 1. The highest BCUT2D eigenvalue weighted by molar-refractivity contribution is 6.32. The van der Waals surface area contributed by atoms with Gasteiger partial charge in [-0.3, -0.25) is 4.79 Å². The Bertz CT molecular complexity index is 812. The molecule has 138 valence electrons. The molecule has 0 fully saturated rings. The Balaban J connectivity index is 2.15. The van der Waals surface area contributed by atoms with Crippen molar-refractivity contribution in [2.24, 2.45) is 0 Å². The predicted octanol–water partition coefficient (Wildman–Crippen LogP) is 4.61. The second-order valence-corrected chi connectivity index (χ2v) is 5.34. The number of nitrogens with one attached hydrogen (secondary N) is 1. The fourth-order valence-corrected chi connectivity index (χ4v) is 2.45. The van der Waals surface area contributed by atoms with Crippen molar-refractivity contribution >= 4 is 29.3 Å². The van der Waals surface area contributed by atoms with Crippen LogP contribution < -0.4 is 19.5 Å². The summed E-state index contributed by atoms with van der Waals surface area (Å²) in [6, 6.07) is 9.14. The number of ether oxygens (including phenoxy) is 3. The highest BCUT2D eigenvalue weighted by atomic mass is 35.5. The van der Waals surface area contributed by atoms with Crippen molar-refractivity contribution in [2.75, 3.05) is 19.5 Å². The van der Waals surface area contributed by atoms with Crippen LogP contribution in [0.5, 0.6) is 17.2 Å². The molecule has 2 rings (SSSR count). The van der Waals surface area contributed by atoms with Gasteiger partial charge in [0.05, 0.1) is 24.9 Å². The molecule has 0 aliphatic rings. The summed E-state index contributed by atoms with van der Waals surface area (Å²) in [5.74, 6) is 0.143. The summed E-state index contributed by atoms with van der Waals surface area (Å²) in [4.78, 5) is 12.1. The van der Waals surface area contributed by atoms with E-state index >= 15 is 0 Å². The van der Waals surface area contributed by atoms with E-state index in [1.165, 1.54) is 44.6 Å². The lowest BCUT2D eigenvalue weighted by Gasteiger charge is -2.11. The molecule has 0 aliphatic heterocycles. The molecule has 0 heterocycles. The Kier molecular flexibility index (Phi) is 6.80. The van der Waals surface area contributed by atoms with Gasteiger partial charge in [-0.2, -0.15) is 8.78 Å². The number of alkyl halides is 2. The van der Waals surface area contributed by atoms with Crippen molar-refractivity contribution in [1.82, 2.24) is 0 Å². The summed E-state index contributed by atoms with van der Waals surface area (Å²) in [6.45, 7) is -2.99. The summed E-state index contributed by atoms with van der Waals surface area (Å²) >= 11 is 6.10. The van der Waals surface area contributed by atoms with Crippen LogP contribution >= 0.6 is 11.6 Å². The summed E-state index contributed by atoms with van der Waals surface area (Å²) in [7, 11) is 2.93. The van der Waals surface area contributed by atoms with Crippen LogP contribution in [0, 0.1) is 0 Å². The maximum Gasteiger partial charge on any atom is 0.387 e. The van der Waals surface area contributed by atoms with Gasteiger partial charge in [-0.05, 0) is 35.9 Å². The average Bonchev–Trinajstić information content (AvgIpc) is 2.60. The molecular weight excluding hydrogens is 368 g/mol. The number of methoxy groups -OCH3 is 2. The van der Waals surface area contributed by atoms with Crippen LogP contribution in [-0.2, 0) is 4.79 Å². The minimum absolute atomic E-state index is 0.126. The lowest BCUT2D eigenvalue weighted by Crippen LogP contribution is -2.11. The first kappa shape index (κ1) is 19.5. The fourth-order valence-electron chi connectivity index (χ4n) is 2.15. The van der Waals surface area contributed by atoms with Gasteiger partial charge in [0.1, 0.15) is 5.75 Å². The van der Waals surface area contributed by atoms with Gasteiger partial charge in [0.2, 0.25) is 5.91 Å². The van der Waals surface area contributed by atoms with Crippen LogP contribution in [0.3, 0.4) is 0 Å². The molecule has 0 atom stereocenters. The summed E-state index contributed by atoms with van der Waals surface area (Å²) < 4.78 is 39.5. The lowest BCUT2D eigenvalue weighted by atomic mass is 10.2. The van der Waals surface area contributed by atoms with Gasteiger partial charge in [-0.1, -0.05) is 23.7 Å². The second kappa shape index (κ2) is 9.05. The molecule has 5 nitrogen and oxygen atoms in total. The van der Waals surface area contributed by atoms with Crippen LogP contribution in [0.25, 0.3) is 6.08 Å². The topological polar surface area (TPSA) is 56.8 Å². The van der Waals surface area contributed by atoms with E-state index < -0.39 is 12.5 Å². The normalized spacial score (nSPS) is 10.8. The predicted molar refractivity (Wildman–Crippen MR) is 95.3 cm³/mol. The molecule has 0 aliphatic carbocycles. The monoisotopic (exact) mass is 383 g/mol. The molecule has 1 amide bonds. The fraction of sp³-hybridized carbons (Fsp3) is 0.167. The molecule has 26 heavy (non-hydrogen) atoms.